The number of hydrogen-bond donors (Lipinski definition) is 0. The fraction of sp³-hybridized carbons (Fsp3) is 0.136. The molecule has 0 saturated heterocycles. The highest BCUT2D eigenvalue weighted by atomic mass is 32.2. The summed E-state index contributed by atoms with van der Waals surface area (Å²) in [5, 5.41) is 18.6. The Morgan fingerprint density at radius 3 is 1.23 bits per heavy atom. The molecule has 0 amide bonds. The Hall–Kier alpha value is -4.70. The van der Waals surface area contributed by atoms with E-state index in [1.807, 2.05) is 47.0 Å². The number of thioether (sulfide) groups is 4. The molecule has 4 aromatic rings. The lowest BCUT2D eigenvalue weighted by atomic mass is 9.86. The maximum atomic E-state index is 9.29. The summed E-state index contributed by atoms with van der Waals surface area (Å²) in [6.07, 6.45) is 5.03. The second kappa shape index (κ2) is 14.4. The summed E-state index contributed by atoms with van der Waals surface area (Å²) in [5.74, 6) is 6.98. The number of benzene rings is 4. The van der Waals surface area contributed by atoms with Crippen molar-refractivity contribution in [1.82, 2.24) is 0 Å². The van der Waals surface area contributed by atoms with Crippen LogP contribution in [0.2, 0.25) is 0 Å². The Bertz CT molecular complexity index is 2280. The highest BCUT2D eigenvalue weighted by molar-refractivity contribution is 8.00. The van der Waals surface area contributed by atoms with Crippen LogP contribution in [-0.4, -0.2) is 23.0 Å². The number of nitrogens with zero attached hydrogens (tertiary/aromatic N) is 2. The van der Waals surface area contributed by atoms with Crippen LogP contribution in [0.25, 0.3) is 22.7 Å². The predicted molar refractivity (Wildman–Crippen MR) is 215 cm³/mol. The average Bonchev–Trinajstić information content (AvgIpc) is 3.50. The van der Waals surface area contributed by atoms with Crippen molar-refractivity contribution in [2.24, 2.45) is 0 Å². The Morgan fingerprint density at radius 1 is 0.462 bits per heavy atom. The monoisotopic (exact) mass is 746 g/mol. The van der Waals surface area contributed by atoms with E-state index >= 15 is 0 Å². The van der Waals surface area contributed by atoms with Crippen molar-refractivity contribution in [1.29, 1.82) is 10.5 Å². The molecule has 0 spiro atoms. The third-order valence-corrected chi connectivity index (χ3v) is 14.1. The number of fused-ring (bicyclic) bond motifs is 10. The van der Waals surface area contributed by atoms with Gasteiger partial charge in [0.05, 0.1) is 24.3 Å². The second-order valence-corrected chi connectivity index (χ2v) is 16.9. The zero-order valence-corrected chi connectivity index (χ0v) is 31.2. The van der Waals surface area contributed by atoms with E-state index < -0.39 is 0 Å². The first kappa shape index (κ1) is 33.2. The molecule has 6 aliphatic heterocycles. The van der Waals surface area contributed by atoms with Crippen LogP contribution in [0.3, 0.4) is 0 Å². The van der Waals surface area contributed by atoms with Crippen LogP contribution >= 0.6 is 47.0 Å². The van der Waals surface area contributed by atoms with E-state index in [2.05, 4.69) is 109 Å². The van der Waals surface area contributed by atoms with Gasteiger partial charge in [0.1, 0.15) is 23.0 Å². The molecule has 52 heavy (non-hydrogen) atoms. The molecule has 0 atom stereocenters. The van der Waals surface area contributed by atoms with E-state index in [-0.39, 0.29) is 0 Å². The first-order valence-corrected chi connectivity index (χ1v) is 21.1. The van der Waals surface area contributed by atoms with E-state index in [0.717, 1.165) is 69.6 Å². The molecule has 0 saturated carbocycles. The van der Waals surface area contributed by atoms with Crippen LogP contribution in [0, 0.1) is 22.7 Å². The lowest BCUT2D eigenvalue weighted by Gasteiger charge is -2.31. The van der Waals surface area contributed by atoms with Gasteiger partial charge >= 0.3 is 0 Å². The molecule has 0 fully saturated rings. The molecule has 0 aliphatic carbocycles. The summed E-state index contributed by atoms with van der Waals surface area (Å²) in [4.78, 5) is 5.11. The molecule has 4 nitrogen and oxygen atoms in total. The first-order chi connectivity index (χ1) is 25.7. The van der Waals surface area contributed by atoms with Gasteiger partial charge in [0.25, 0.3) is 0 Å². The van der Waals surface area contributed by atoms with E-state index in [1.54, 1.807) is 12.2 Å². The normalized spacial score (nSPS) is 19.6. The van der Waals surface area contributed by atoms with Gasteiger partial charge in [0, 0.05) is 76.0 Å². The summed E-state index contributed by atoms with van der Waals surface area (Å²) < 4.78 is 12.7. The van der Waals surface area contributed by atoms with Gasteiger partial charge in [-0.3, -0.25) is 0 Å². The number of hydrogen-bond acceptors (Lipinski definition) is 8. The minimum absolute atomic E-state index is 0.699. The van der Waals surface area contributed by atoms with Gasteiger partial charge in [0.15, 0.2) is 0 Å². The van der Waals surface area contributed by atoms with Gasteiger partial charge in [-0.1, -0.05) is 72.8 Å². The van der Waals surface area contributed by atoms with Crippen LogP contribution in [-0.2, 0) is 9.47 Å². The number of ether oxygens (including phenoxy) is 2. The third-order valence-electron chi connectivity index (χ3n) is 9.70. The van der Waals surface area contributed by atoms with Crippen LogP contribution in [0.15, 0.2) is 163 Å². The zero-order valence-electron chi connectivity index (χ0n) is 28.0. The smallest absolute Gasteiger partial charge is 0.142 e. The molecule has 6 aliphatic rings. The van der Waals surface area contributed by atoms with E-state index in [0.29, 0.717) is 11.5 Å². The molecule has 0 aromatic heterocycles. The third kappa shape index (κ3) is 5.85. The fourth-order valence-corrected chi connectivity index (χ4v) is 11.7. The Labute approximate surface area is 320 Å². The summed E-state index contributed by atoms with van der Waals surface area (Å²) in [5.41, 5.74) is 12.2. The zero-order chi connectivity index (χ0) is 35.0. The van der Waals surface area contributed by atoms with Crippen molar-refractivity contribution in [2.75, 3.05) is 23.0 Å². The van der Waals surface area contributed by atoms with Crippen molar-refractivity contribution >= 4 is 69.7 Å². The van der Waals surface area contributed by atoms with Gasteiger partial charge < -0.3 is 9.47 Å². The second-order valence-electron chi connectivity index (χ2n) is 12.6. The van der Waals surface area contributed by atoms with E-state index in [4.69, 9.17) is 9.47 Å². The highest BCUT2D eigenvalue weighted by Gasteiger charge is 2.35. The molecule has 8 heteroatoms. The van der Waals surface area contributed by atoms with E-state index in [1.165, 1.54) is 53.0 Å². The van der Waals surface area contributed by atoms with Crippen LogP contribution in [0.5, 0.6) is 0 Å². The standard InChI is InChI=1S/2C22H15NOS2/c2*23-11-9-18-17-13-26-19-7-3-1-5-14(19)21(17)16-10-12-25-20-8-4-2-6-15(20)22(16)24-18/h2*1-9H,10,12-13H2/b2*18-9-. The van der Waals surface area contributed by atoms with Crippen LogP contribution in [0.4, 0.5) is 0 Å². The predicted octanol–water partition coefficient (Wildman–Crippen LogP) is 11.8. The molecule has 0 N–H and O–H groups in total. The largest absolute Gasteiger partial charge is 0.455 e. The number of rotatable bonds is 0. The summed E-state index contributed by atoms with van der Waals surface area (Å²) in [6, 6.07) is 38.3. The minimum Gasteiger partial charge on any atom is -0.455 e. The molecule has 0 unspecified atom stereocenters. The SMILES string of the molecule is N#C/C=C1\OC2=C(CCSc3ccccc32)C2=C1CSc1ccccc12.N#C/C=C1\OC2=C(CCSc3ccccc32)C2=C1CSc1ccccc12. The average molecular weight is 747 g/mol. The summed E-state index contributed by atoms with van der Waals surface area (Å²) in [7, 11) is 0. The Kier molecular flexibility index (Phi) is 9.17. The van der Waals surface area contributed by atoms with Crippen LogP contribution in [0.1, 0.15) is 35.1 Å². The molecular weight excluding hydrogens is 717 g/mol. The maximum absolute atomic E-state index is 9.29. The highest BCUT2D eigenvalue weighted by Crippen LogP contribution is 2.53. The molecule has 4 aromatic carbocycles. The number of nitriles is 2. The van der Waals surface area contributed by atoms with Crippen molar-refractivity contribution in [3.05, 3.63) is 165 Å². The maximum Gasteiger partial charge on any atom is 0.142 e. The molecular formula is C44H30N2O2S4. The molecule has 252 valence electrons. The molecule has 0 radical (unpaired) electrons. The van der Waals surface area contributed by atoms with Crippen molar-refractivity contribution < 1.29 is 9.47 Å². The quantitative estimate of drug-likeness (QED) is 0.165. The lowest BCUT2D eigenvalue weighted by molar-refractivity contribution is 0.385. The topological polar surface area (TPSA) is 66.0 Å². The molecule has 0 bridgehead atoms. The Morgan fingerprint density at radius 2 is 0.827 bits per heavy atom. The first-order valence-electron chi connectivity index (χ1n) is 17.1. The molecule has 10 rings (SSSR count). The van der Waals surface area contributed by atoms with E-state index in [9.17, 15) is 10.5 Å². The van der Waals surface area contributed by atoms with Gasteiger partial charge in [-0.05, 0) is 59.4 Å². The van der Waals surface area contributed by atoms with Gasteiger partial charge in [-0.2, -0.15) is 10.5 Å². The van der Waals surface area contributed by atoms with Gasteiger partial charge in [-0.25, -0.2) is 0 Å². The number of allylic oxidation sites excluding steroid dienone is 8. The fourth-order valence-electron chi connectivity index (χ4n) is 7.49. The van der Waals surface area contributed by atoms with Crippen molar-refractivity contribution in [2.45, 2.75) is 32.4 Å². The van der Waals surface area contributed by atoms with Gasteiger partial charge in [-0.15, -0.1) is 47.0 Å². The van der Waals surface area contributed by atoms with Crippen LogP contribution < -0.4 is 0 Å². The summed E-state index contributed by atoms with van der Waals surface area (Å²) >= 11 is 7.39. The van der Waals surface area contributed by atoms with Crippen molar-refractivity contribution in [3.63, 3.8) is 0 Å². The summed E-state index contributed by atoms with van der Waals surface area (Å²) in [6.45, 7) is 0. The molecule has 6 heterocycles. The van der Waals surface area contributed by atoms with Gasteiger partial charge in [0.2, 0.25) is 0 Å². The van der Waals surface area contributed by atoms with Crippen molar-refractivity contribution in [3.8, 4) is 12.1 Å². The minimum atomic E-state index is 0.699. The Balaban J connectivity index is 0.000000138. The lowest BCUT2D eigenvalue weighted by Crippen LogP contribution is -2.15.